The third-order valence-electron chi connectivity index (χ3n) is 25.0. The van der Waals surface area contributed by atoms with E-state index in [0.29, 0.717) is 208 Å². The van der Waals surface area contributed by atoms with Crippen LogP contribution in [0.1, 0.15) is 436 Å². The molecule has 0 radical (unpaired) electrons. The number of nitrogens with two attached hydrogens (primary N) is 3. The van der Waals surface area contributed by atoms with Crippen molar-refractivity contribution in [1.29, 1.82) is 0 Å². The van der Waals surface area contributed by atoms with E-state index in [2.05, 4.69) is 191 Å². The Labute approximate surface area is 891 Å². The minimum Gasteiger partial charge on any atom is -0.396 e. The van der Waals surface area contributed by atoms with Crippen LogP contribution in [-0.4, -0.2) is 236 Å². The lowest BCUT2D eigenvalue weighted by Gasteiger charge is -2.34. The lowest BCUT2D eigenvalue weighted by molar-refractivity contribution is -0.134. The summed E-state index contributed by atoms with van der Waals surface area (Å²) >= 11 is 0. The van der Waals surface area contributed by atoms with Gasteiger partial charge < -0.3 is 86.1 Å². The van der Waals surface area contributed by atoms with Crippen LogP contribution in [0.2, 0.25) is 0 Å². The number of rotatable bonds is 69. The molecule has 0 saturated carbocycles. The Bertz CT molecular complexity index is 3170. The van der Waals surface area contributed by atoms with Gasteiger partial charge in [-0.05, 0) is 190 Å². The Morgan fingerprint density at radius 3 is 1.21 bits per heavy atom. The maximum absolute atomic E-state index is 12.3. The number of amides is 4. The van der Waals surface area contributed by atoms with Crippen LogP contribution in [0.3, 0.4) is 0 Å². The number of nitrogens with zero attached hydrogens (tertiary/aromatic N) is 2. The lowest BCUT2D eigenvalue weighted by atomic mass is 9.73. The molecular formula is C117H238N7O20P. The Hall–Kier alpha value is -4.06. The van der Waals surface area contributed by atoms with Crippen molar-refractivity contribution in [2.24, 2.45) is 129 Å². The van der Waals surface area contributed by atoms with Gasteiger partial charge >= 0.3 is 7.60 Å². The van der Waals surface area contributed by atoms with Gasteiger partial charge in [-0.3, -0.25) is 47.7 Å². The predicted molar refractivity (Wildman–Crippen MR) is 604 cm³/mol. The first-order valence-corrected chi connectivity index (χ1v) is 58.6. The zero-order valence-electron chi connectivity index (χ0n) is 101. The molecule has 0 bridgehead atoms. The molecule has 0 aromatic heterocycles. The first kappa shape index (κ1) is 154. The number of aliphatic hydroxyl groups is 3. The third kappa shape index (κ3) is 99.1. The standard InChI is InChI=1S/C18H35NO4.C15H29NO4.C14H28N2O2.C14H27NO2.C13H26O2.C12H25NO2.C12H25NO.C11H25O3P.C8H18/c1-13(2)16(21)12-23-11-10-22-9-7-8-15(20)17(19)18(5,6)14(3)4;1-11(2)14(18)10-20-9-8-19-7-5-6-13(17)15(16)12(3)4;1-9(2)5-11-7-12(17)8-16(11)14(18)13(15)6-10(3)4;1-10(2)5-6-14(17)15-9-13(16)8-12(15)7-11(3)4;1-11(2)6-5-7-13(14)10-15-9-8-12(3)4;1-9(2)5-11(8-14)7-13-12(15)6-10(3)4;1-10(2)6-5-7-12(14)13-9-8-11(3)4;1-10(2)8-6-5-7-9-14-15(12,13)11(3)4;1-7(2)5-6-8(3)4/h13-14,17H,7-12,19H2,1-6H3;11-12,15H,5-10,16H2,1-4H3;9-13,17H,5-8,15H2,1-4H3;10-13,16H,5-9H2,1-4H3;11-12H,5-10H2,1-4H3;9-11,14H,5-8H2,1-4H3,(H,13,15);10-11H,5-9H2,1-4H3,(H,13,14);10-11H,5-9H2,1-4H3,(H,12,13);7-8H,5-6H2,1-4H3. The number of carbonyl (C=O) groups excluding carboxylic acids is 9. The van der Waals surface area contributed by atoms with E-state index in [0.717, 1.165) is 108 Å². The fourth-order valence-corrected chi connectivity index (χ4v) is 15.2. The van der Waals surface area contributed by atoms with Gasteiger partial charge in [0.15, 0.2) is 17.3 Å². The fraction of sp³-hybridized carbons (Fsp3) is 0.923. The molecule has 2 heterocycles. The first-order chi connectivity index (χ1) is 67.1. The molecule has 28 heteroatoms. The number of nitrogens with one attached hydrogen (secondary N) is 2. The maximum Gasteiger partial charge on any atom is 0.330 e. The molecular weight excluding hydrogens is 1850 g/mol. The minimum absolute atomic E-state index is 0.00114. The second kappa shape index (κ2) is 93.5. The minimum atomic E-state index is -3.33. The Morgan fingerprint density at radius 1 is 0.393 bits per heavy atom. The highest BCUT2D eigenvalue weighted by molar-refractivity contribution is 7.53. The number of hydrogen-bond acceptors (Lipinski definition) is 22. The summed E-state index contributed by atoms with van der Waals surface area (Å²) in [5.74, 6) is 10.1. The summed E-state index contributed by atoms with van der Waals surface area (Å²) in [6.45, 7) is 86.2. The van der Waals surface area contributed by atoms with Gasteiger partial charge in [0.05, 0.1) is 69.0 Å². The number of carbonyl (C=O) groups is 9. The van der Waals surface area contributed by atoms with Crippen LogP contribution in [0, 0.1) is 112 Å². The zero-order chi connectivity index (χ0) is 113. The largest absolute Gasteiger partial charge is 0.396 e. The number of hydrogen-bond donors (Lipinski definition) is 9. The summed E-state index contributed by atoms with van der Waals surface area (Å²) < 4.78 is 42.9. The summed E-state index contributed by atoms with van der Waals surface area (Å²) in [6, 6.07) is -0.825. The molecule has 2 rings (SSSR count). The third-order valence-corrected chi connectivity index (χ3v) is 26.9. The van der Waals surface area contributed by atoms with Crippen LogP contribution in [0.4, 0.5) is 0 Å². The Morgan fingerprint density at radius 2 is 0.807 bits per heavy atom. The molecule has 0 aliphatic carbocycles. The van der Waals surface area contributed by atoms with Gasteiger partial charge in [-0.15, -0.1) is 0 Å². The normalized spacial score (nSPS) is 16.0. The number of aliphatic hydroxyl groups excluding tert-OH is 3. The maximum atomic E-state index is 12.3. The quantitative estimate of drug-likeness (QED) is 0.0202. The van der Waals surface area contributed by atoms with Crippen LogP contribution in [-0.2, 0) is 75.9 Å². The first-order valence-electron chi connectivity index (χ1n) is 57.0. The number of ketones is 5. The molecule has 2 fully saturated rings. The molecule has 0 aromatic carbocycles. The average Bonchev–Trinajstić information content (AvgIpc) is 1.51. The van der Waals surface area contributed by atoms with E-state index in [4.69, 9.17) is 50.5 Å². The molecule has 12 N–H and O–H groups in total. The van der Waals surface area contributed by atoms with Crippen molar-refractivity contribution in [3.63, 3.8) is 0 Å². The van der Waals surface area contributed by atoms with Crippen molar-refractivity contribution >= 4 is 60.1 Å². The van der Waals surface area contributed by atoms with Crippen molar-refractivity contribution in [3.05, 3.63) is 0 Å². The van der Waals surface area contributed by atoms with Crippen molar-refractivity contribution in [2.75, 3.05) is 105 Å². The van der Waals surface area contributed by atoms with Gasteiger partial charge in [0.25, 0.3) is 0 Å². The highest BCUT2D eigenvalue weighted by Crippen LogP contribution is 2.47. The Kier molecular flexibility index (Phi) is 99.3. The van der Waals surface area contributed by atoms with E-state index in [9.17, 15) is 62.8 Å². The number of Topliss-reactive ketones (excluding diaryl/α,β-unsaturated/α-hetero) is 5. The number of ether oxygens (including phenoxy) is 5. The van der Waals surface area contributed by atoms with Crippen molar-refractivity contribution in [1.82, 2.24) is 20.4 Å². The van der Waals surface area contributed by atoms with Gasteiger partial charge in [0, 0.05) is 115 Å². The molecule has 9 unspecified atom stereocenters. The van der Waals surface area contributed by atoms with E-state index in [-0.39, 0.29) is 137 Å². The second-order valence-electron chi connectivity index (χ2n) is 48.5. The molecule has 27 nitrogen and oxygen atoms in total. The lowest BCUT2D eigenvalue weighted by Crippen LogP contribution is -2.47. The molecule has 0 aromatic rings. The Balaban J connectivity index is -0.000000298. The SMILES string of the molecule is CC(C)C(=O)COCCOCCCC(=O)C(N)C(C)(C)C(C)C.CC(C)C(=O)COCCOCCCC(=O)C(N)C(C)C.CC(C)CC(=O)NCC(CO)CC(C)C.CC(C)CC(N)C(=O)N1CC(O)CC1CC(C)C.CC(C)CCC(=O)N1CC(O)CC1CC(C)C.CC(C)CCC(C)C.CC(C)CCCC(=O)COCCC(C)C.CC(C)CCCC(=O)NCCC(C)C.CC(C)CCCCCOP(=O)(O)C(C)C. The highest BCUT2D eigenvalue weighted by atomic mass is 31.2. The average molecular weight is 2090 g/mol. The van der Waals surface area contributed by atoms with Crippen molar-refractivity contribution in [3.8, 4) is 0 Å². The van der Waals surface area contributed by atoms with Gasteiger partial charge in [0.1, 0.15) is 31.4 Å². The molecule has 9 atom stereocenters. The van der Waals surface area contributed by atoms with E-state index < -0.39 is 19.7 Å². The van der Waals surface area contributed by atoms with Gasteiger partial charge in [-0.2, -0.15) is 0 Å². The molecule has 0 spiro atoms. The smallest absolute Gasteiger partial charge is 0.330 e. The summed E-state index contributed by atoms with van der Waals surface area (Å²) in [5, 5.41) is 34.4. The fourth-order valence-electron chi connectivity index (χ4n) is 14.5. The molecule has 866 valence electrons. The van der Waals surface area contributed by atoms with Crippen LogP contribution in [0.5, 0.6) is 0 Å². The van der Waals surface area contributed by atoms with E-state index in [1.54, 1.807) is 18.7 Å². The van der Waals surface area contributed by atoms with Gasteiger partial charge in [-0.25, -0.2) is 0 Å². The van der Waals surface area contributed by atoms with Crippen LogP contribution >= 0.6 is 7.60 Å². The summed E-state index contributed by atoms with van der Waals surface area (Å²) in [6.07, 6.45) is 23.6. The number of β-amino-alcohol motifs (C(OH)–C–C–N with tert-alkyl or cyclic N) is 2. The summed E-state index contributed by atoms with van der Waals surface area (Å²) in [7, 11) is -3.33. The van der Waals surface area contributed by atoms with E-state index in [1.807, 2.05) is 74.1 Å². The molecule has 2 aliphatic rings. The molecule has 4 amide bonds. The monoisotopic (exact) mass is 2090 g/mol. The van der Waals surface area contributed by atoms with Crippen molar-refractivity contribution in [2.45, 2.75) is 485 Å². The summed E-state index contributed by atoms with van der Waals surface area (Å²) in [4.78, 5) is 118. The van der Waals surface area contributed by atoms with E-state index >= 15 is 0 Å². The topological polar surface area (TPSA) is 416 Å². The van der Waals surface area contributed by atoms with Crippen LogP contribution < -0.4 is 27.8 Å². The molecule has 145 heavy (non-hydrogen) atoms. The van der Waals surface area contributed by atoms with Crippen LogP contribution in [0.15, 0.2) is 0 Å². The number of likely N-dealkylation sites (tertiary alicyclic amines) is 2. The van der Waals surface area contributed by atoms with Gasteiger partial charge in [0.2, 0.25) is 23.6 Å². The van der Waals surface area contributed by atoms with Crippen molar-refractivity contribution < 1.29 is 96.1 Å². The molecule has 2 saturated heterocycles. The second-order valence-corrected chi connectivity index (χ2v) is 51.0. The predicted octanol–water partition coefficient (Wildman–Crippen LogP) is 23.1. The molecule has 2 aliphatic heterocycles. The van der Waals surface area contributed by atoms with Gasteiger partial charge in [-0.1, -0.05) is 308 Å². The highest BCUT2D eigenvalue weighted by Gasteiger charge is 2.38. The number of unbranched alkanes of at least 4 members (excludes halogenated alkanes) is 2. The van der Waals surface area contributed by atoms with E-state index in [1.165, 1.54) is 25.7 Å². The van der Waals surface area contributed by atoms with Crippen LogP contribution in [0.25, 0.3) is 0 Å². The zero-order valence-corrected chi connectivity index (χ0v) is 102. The summed E-state index contributed by atoms with van der Waals surface area (Å²) in [5.41, 5.74) is 17.3.